The van der Waals surface area contributed by atoms with Crippen molar-refractivity contribution in [3.05, 3.63) is 23.8 Å². The normalized spacial score (nSPS) is 20.5. The fraction of sp³-hybridized carbons (Fsp3) is 0.714. The molecule has 1 saturated heterocycles. The van der Waals surface area contributed by atoms with E-state index in [9.17, 15) is 24.3 Å². The van der Waals surface area contributed by atoms with Crippen molar-refractivity contribution in [2.24, 2.45) is 11.8 Å². The smallest absolute Gasteiger partial charge is 0.431 e. The van der Waals surface area contributed by atoms with Gasteiger partial charge in [-0.05, 0) is 58.2 Å². The summed E-state index contributed by atoms with van der Waals surface area (Å²) in [5, 5.41) is 12.7. The molecular formula is C35H56N2O13. The molecule has 0 bridgehead atoms. The van der Waals surface area contributed by atoms with Crippen molar-refractivity contribution >= 4 is 29.4 Å². The van der Waals surface area contributed by atoms with E-state index < -0.39 is 30.1 Å². The van der Waals surface area contributed by atoms with Crippen LogP contribution in [0, 0.1) is 11.8 Å². The molecule has 1 fully saturated rings. The Labute approximate surface area is 294 Å². The third-order valence-electron chi connectivity index (χ3n) is 7.77. The predicted molar refractivity (Wildman–Crippen MR) is 181 cm³/mol. The Balaban J connectivity index is 1.57. The monoisotopic (exact) mass is 712 g/mol. The molecular weight excluding hydrogens is 656 g/mol. The van der Waals surface area contributed by atoms with E-state index >= 15 is 0 Å². The summed E-state index contributed by atoms with van der Waals surface area (Å²) in [4.78, 5) is 52.9. The highest BCUT2D eigenvalue weighted by atomic mass is 16.7. The van der Waals surface area contributed by atoms with E-state index in [1.807, 2.05) is 20.8 Å². The molecule has 50 heavy (non-hydrogen) atoms. The highest BCUT2D eigenvalue weighted by Gasteiger charge is 2.43. The number of esters is 1. The van der Waals surface area contributed by atoms with Crippen molar-refractivity contribution in [3.8, 4) is 5.75 Å². The number of ether oxygens (including phenoxy) is 7. The van der Waals surface area contributed by atoms with Crippen LogP contribution in [0.3, 0.4) is 0 Å². The van der Waals surface area contributed by atoms with Gasteiger partial charge < -0.3 is 43.6 Å². The summed E-state index contributed by atoms with van der Waals surface area (Å²) in [5.41, 5.74) is 2.43. The van der Waals surface area contributed by atoms with Crippen molar-refractivity contribution in [3.63, 3.8) is 0 Å². The zero-order chi connectivity index (χ0) is 37.1. The molecule has 5 atom stereocenters. The van der Waals surface area contributed by atoms with Crippen LogP contribution in [-0.2, 0) is 54.2 Å². The van der Waals surface area contributed by atoms with E-state index in [4.69, 9.17) is 38.0 Å². The third kappa shape index (κ3) is 17.1. The summed E-state index contributed by atoms with van der Waals surface area (Å²) in [6, 6.07) is 4.83. The number of aliphatic hydroxyl groups is 1. The summed E-state index contributed by atoms with van der Waals surface area (Å²) in [6.07, 6.45) is -1.36. The Bertz CT molecular complexity index is 1210. The summed E-state index contributed by atoms with van der Waals surface area (Å²) < 4.78 is 38.9. The number of hydrogen-bond acceptors (Lipinski definition) is 13. The topological polar surface area (TPSA) is 186 Å². The first-order chi connectivity index (χ1) is 23.7. The minimum atomic E-state index is -0.864. The van der Waals surface area contributed by atoms with Gasteiger partial charge >= 0.3 is 12.1 Å². The number of carbonyl (C=O) groups excluding carboxylic acids is 4. The molecule has 0 spiro atoms. The number of rotatable bonds is 22. The first-order valence-electron chi connectivity index (χ1n) is 17.1. The van der Waals surface area contributed by atoms with Gasteiger partial charge in [-0.1, -0.05) is 13.8 Å². The van der Waals surface area contributed by atoms with E-state index in [0.717, 1.165) is 0 Å². The van der Waals surface area contributed by atoms with Crippen molar-refractivity contribution < 1.29 is 62.3 Å². The number of hydrogen-bond donors (Lipinski definition) is 3. The van der Waals surface area contributed by atoms with Crippen LogP contribution in [0.1, 0.15) is 79.7 Å². The first kappa shape index (κ1) is 42.8. The summed E-state index contributed by atoms with van der Waals surface area (Å²) in [6.45, 7) is 14.5. The van der Waals surface area contributed by atoms with Gasteiger partial charge in [0.2, 0.25) is 12.2 Å². The fourth-order valence-corrected chi connectivity index (χ4v) is 4.88. The summed E-state index contributed by atoms with van der Waals surface area (Å²) in [7, 11) is 0. The molecule has 1 aromatic carbocycles. The molecule has 0 saturated carbocycles. The van der Waals surface area contributed by atoms with Crippen molar-refractivity contribution in [1.29, 1.82) is 0 Å². The SMILES string of the molecule is CC(=O)OC1C(Oc2ccc(NC(=O)CCC(=O)CCCOCCOCCOCCONC(=O)OC(C)(C)C)cc2CO)OC(C)C(C)C1C. The van der Waals surface area contributed by atoms with Crippen molar-refractivity contribution in [2.45, 2.75) is 105 Å². The Hall–Kier alpha value is -3.34. The molecule has 3 N–H and O–H groups in total. The minimum absolute atomic E-state index is 0.0165. The van der Waals surface area contributed by atoms with Gasteiger partial charge in [-0.3, -0.25) is 19.2 Å². The van der Waals surface area contributed by atoms with Gasteiger partial charge in [-0.15, -0.1) is 0 Å². The second-order valence-electron chi connectivity index (χ2n) is 13.1. The Morgan fingerprint density at radius 1 is 0.860 bits per heavy atom. The van der Waals surface area contributed by atoms with E-state index in [1.165, 1.54) is 6.92 Å². The lowest BCUT2D eigenvalue weighted by Crippen LogP contribution is -2.52. The number of benzene rings is 1. The minimum Gasteiger partial charge on any atom is -0.460 e. The highest BCUT2D eigenvalue weighted by molar-refractivity contribution is 5.93. The van der Waals surface area contributed by atoms with Crippen LogP contribution >= 0.6 is 0 Å². The zero-order valence-electron chi connectivity index (χ0n) is 30.5. The van der Waals surface area contributed by atoms with Crippen LogP contribution in [0.5, 0.6) is 5.75 Å². The molecule has 1 aromatic rings. The molecule has 2 rings (SSSR count). The Kier molecular flexibility index (Phi) is 19.2. The quantitative estimate of drug-likeness (QED) is 0.0888. The molecule has 1 aliphatic rings. The molecule has 15 heteroatoms. The van der Waals surface area contributed by atoms with Crippen molar-refractivity contribution in [1.82, 2.24) is 5.48 Å². The number of carbonyl (C=O) groups is 4. The fourth-order valence-electron chi connectivity index (χ4n) is 4.88. The van der Waals surface area contributed by atoms with Gasteiger partial charge in [-0.2, -0.15) is 5.48 Å². The molecule has 284 valence electrons. The van der Waals surface area contributed by atoms with Gasteiger partial charge in [-0.25, -0.2) is 4.79 Å². The number of hydroxylamine groups is 1. The van der Waals surface area contributed by atoms with E-state index in [1.54, 1.807) is 39.0 Å². The molecule has 2 amide bonds. The number of Topliss-reactive ketones (excluding diaryl/α,β-unsaturated/α-hetero) is 1. The average Bonchev–Trinajstić information content (AvgIpc) is 3.04. The zero-order valence-corrected chi connectivity index (χ0v) is 30.5. The van der Waals surface area contributed by atoms with E-state index in [0.29, 0.717) is 62.9 Å². The first-order valence-corrected chi connectivity index (χ1v) is 17.1. The maximum atomic E-state index is 12.5. The maximum absolute atomic E-state index is 12.5. The van der Waals surface area contributed by atoms with Crippen LogP contribution in [0.15, 0.2) is 18.2 Å². The number of aliphatic hydroxyl groups excluding tert-OH is 1. The largest absolute Gasteiger partial charge is 0.460 e. The van der Waals surface area contributed by atoms with Crippen molar-refractivity contribution in [2.75, 3.05) is 51.6 Å². The second kappa shape index (κ2) is 22.5. The van der Waals surface area contributed by atoms with Crippen LogP contribution in [-0.4, -0.2) is 99.2 Å². The van der Waals surface area contributed by atoms with E-state index in [2.05, 4.69) is 10.8 Å². The van der Waals surface area contributed by atoms with E-state index in [-0.39, 0.29) is 62.3 Å². The van der Waals surface area contributed by atoms with Crippen LogP contribution < -0.4 is 15.5 Å². The molecule has 0 aromatic heterocycles. The van der Waals surface area contributed by atoms with Crippen LogP contribution in [0.4, 0.5) is 10.5 Å². The number of nitrogens with one attached hydrogen (secondary N) is 2. The molecule has 1 aliphatic heterocycles. The predicted octanol–water partition coefficient (Wildman–Crippen LogP) is 4.08. The lowest BCUT2D eigenvalue weighted by Gasteiger charge is -2.42. The molecule has 5 unspecified atom stereocenters. The third-order valence-corrected chi connectivity index (χ3v) is 7.77. The average molecular weight is 713 g/mol. The lowest BCUT2D eigenvalue weighted by molar-refractivity contribution is -0.243. The highest BCUT2D eigenvalue weighted by Crippen LogP contribution is 2.35. The molecule has 0 aliphatic carbocycles. The number of amides is 2. The van der Waals surface area contributed by atoms with Crippen LogP contribution in [0.25, 0.3) is 0 Å². The molecule has 1 heterocycles. The summed E-state index contributed by atoms with van der Waals surface area (Å²) >= 11 is 0. The number of ketones is 1. The van der Waals surface area contributed by atoms with Gasteiger partial charge in [0, 0.05) is 50.0 Å². The lowest BCUT2D eigenvalue weighted by atomic mass is 9.84. The maximum Gasteiger partial charge on any atom is 0.431 e. The van der Waals surface area contributed by atoms with Gasteiger partial charge in [0.15, 0.2) is 6.10 Å². The summed E-state index contributed by atoms with van der Waals surface area (Å²) in [5.74, 6) is -0.364. The standard InChI is InChI=1S/C35H56N2O13/c1-23-24(2)32(48-26(4)39)33(47-25(23)3)49-30-12-10-28(21-27(30)22-38)36-31(41)13-11-29(40)9-8-14-43-15-16-44-17-18-45-19-20-46-37-34(42)50-35(5,6)7/h10,12,21,23-25,32-33,38H,8-9,11,13-20,22H2,1-7H3,(H,36,41)(H,37,42). The van der Waals surface area contributed by atoms with Gasteiger partial charge in [0.1, 0.15) is 17.1 Å². The van der Waals surface area contributed by atoms with Gasteiger partial charge in [0.25, 0.3) is 0 Å². The van der Waals surface area contributed by atoms with Crippen LogP contribution in [0.2, 0.25) is 0 Å². The van der Waals surface area contributed by atoms with Gasteiger partial charge in [0.05, 0.1) is 52.4 Å². The molecule has 0 radical (unpaired) electrons. The number of anilines is 1. The Morgan fingerprint density at radius 3 is 2.12 bits per heavy atom. The molecule has 15 nitrogen and oxygen atoms in total. The second-order valence-corrected chi connectivity index (χ2v) is 13.1. The Morgan fingerprint density at radius 2 is 1.50 bits per heavy atom.